The molecule has 0 saturated heterocycles. The van der Waals surface area contributed by atoms with Crippen molar-refractivity contribution in [2.24, 2.45) is 0 Å². The molecule has 4 nitrogen and oxygen atoms in total. The number of furan rings is 1. The summed E-state index contributed by atoms with van der Waals surface area (Å²) >= 11 is 1.61. The summed E-state index contributed by atoms with van der Waals surface area (Å²) < 4.78 is 7.86. The van der Waals surface area contributed by atoms with Crippen LogP contribution in [-0.4, -0.2) is 15.1 Å². The fourth-order valence-electron chi connectivity index (χ4n) is 8.10. The molecule has 3 heterocycles. The minimum Gasteiger partial charge on any atom is -0.507 e. The maximum absolute atomic E-state index is 11.8. The van der Waals surface area contributed by atoms with Crippen molar-refractivity contribution in [2.45, 2.75) is 52.4 Å². The number of aromatic hydroxyl groups is 1. The van der Waals surface area contributed by atoms with E-state index in [0.29, 0.717) is 5.75 Å². The maximum Gasteiger partial charge on any atom is 0.129 e. The minimum atomic E-state index is -0.250. The van der Waals surface area contributed by atoms with Gasteiger partial charge in [-0.25, -0.2) is 4.98 Å². The topological polar surface area (TPSA) is 59.2 Å². The molecule has 10 aromatic rings. The molecule has 1 N–H and O–H groups in total. The largest absolute Gasteiger partial charge is 0.507 e. The van der Waals surface area contributed by atoms with Crippen LogP contribution in [-0.2, 0) is 31.9 Å². The molecule has 6 heteroatoms. The Labute approximate surface area is 356 Å². The van der Waals surface area contributed by atoms with Gasteiger partial charge in [-0.1, -0.05) is 144 Å². The molecule has 0 aliphatic heterocycles. The molecule has 0 aliphatic rings. The fraction of sp³-hybridized carbons (Fsp3) is 0.154. The molecule has 0 radical (unpaired) electrons. The summed E-state index contributed by atoms with van der Waals surface area (Å²) in [6.45, 7) is 13.1. The van der Waals surface area contributed by atoms with Crippen molar-refractivity contribution in [1.82, 2.24) is 9.97 Å². The van der Waals surface area contributed by atoms with E-state index >= 15 is 0 Å². The van der Waals surface area contributed by atoms with Gasteiger partial charge in [0, 0.05) is 48.6 Å². The van der Waals surface area contributed by atoms with Gasteiger partial charge in [-0.05, 0) is 84.8 Å². The summed E-state index contributed by atoms with van der Waals surface area (Å²) in [7, 11) is 0. The molecule has 0 fully saturated rings. The Balaban J connectivity index is 0.00000436. The smallest absolute Gasteiger partial charge is 0.129 e. The second-order valence-corrected chi connectivity index (χ2v) is 18.2. The molecule has 0 amide bonds. The zero-order valence-corrected chi connectivity index (χ0v) is 36.3. The van der Waals surface area contributed by atoms with Gasteiger partial charge >= 0.3 is 0 Å². The van der Waals surface area contributed by atoms with Crippen LogP contribution in [0.2, 0.25) is 0 Å². The van der Waals surface area contributed by atoms with E-state index in [1.54, 1.807) is 11.3 Å². The monoisotopic (exact) mass is 952 g/mol. The van der Waals surface area contributed by atoms with Crippen molar-refractivity contribution >= 4 is 65.0 Å². The SMILES string of the molecule is CC(C)(C)c1cc(-c2nc3c(-c4[c-]c(-c5cc(-c6ccccc6)ccn5)c5oc6cc7ccc8ccccc8c7cc6c5c4)cccc3s2)c(O)c(C(C)(C)C)c1.[Pt]. The number of para-hydroxylation sites is 1. The summed E-state index contributed by atoms with van der Waals surface area (Å²) in [6, 6.07) is 48.5. The van der Waals surface area contributed by atoms with Crippen LogP contribution in [0.3, 0.4) is 0 Å². The van der Waals surface area contributed by atoms with Gasteiger partial charge in [0.2, 0.25) is 0 Å². The third-order valence-electron chi connectivity index (χ3n) is 11.2. The third-order valence-corrected chi connectivity index (χ3v) is 12.3. The Morgan fingerprint density at radius 1 is 0.638 bits per heavy atom. The number of fused-ring (bicyclic) bond motifs is 7. The molecule has 288 valence electrons. The molecule has 0 bridgehead atoms. The molecule has 0 atom stereocenters. The Morgan fingerprint density at radius 3 is 2.21 bits per heavy atom. The van der Waals surface area contributed by atoms with Crippen LogP contribution >= 0.6 is 11.3 Å². The summed E-state index contributed by atoms with van der Waals surface area (Å²) in [5, 5.41) is 19.4. The van der Waals surface area contributed by atoms with Crippen LogP contribution in [0.15, 0.2) is 138 Å². The number of hydrogen-bond acceptors (Lipinski definition) is 5. The maximum atomic E-state index is 11.8. The second-order valence-electron chi connectivity index (χ2n) is 17.1. The molecule has 3 aromatic heterocycles. The van der Waals surface area contributed by atoms with E-state index < -0.39 is 0 Å². The van der Waals surface area contributed by atoms with Gasteiger partial charge in [0.1, 0.15) is 16.3 Å². The summed E-state index contributed by atoms with van der Waals surface area (Å²) in [6.07, 6.45) is 1.87. The average Bonchev–Trinajstić information content (AvgIpc) is 3.81. The Bertz CT molecular complexity index is 3220. The number of nitrogens with zero attached hydrogens (tertiary/aromatic N) is 2. The zero-order valence-electron chi connectivity index (χ0n) is 33.2. The van der Waals surface area contributed by atoms with Crippen LogP contribution in [0.1, 0.15) is 52.7 Å². The van der Waals surface area contributed by atoms with E-state index in [1.165, 1.54) is 21.7 Å². The number of benzene rings is 7. The van der Waals surface area contributed by atoms with Crippen LogP contribution in [0, 0.1) is 6.07 Å². The Morgan fingerprint density at radius 2 is 1.41 bits per heavy atom. The molecule has 58 heavy (non-hydrogen) atoms. The standard InChI is InChI=1S/C52H41N2O2S.Pt/c1-51(2,3)35-27-42(48(55)43(28-35)52(4,5)6)50-54-47-37(17-12-18-46(47)57-50)34-23-40-39-29-38-33(20-19-31-15-10-11-16-36(31)38)26-45(39)56-49(40)41(24-34)44-25-32(21-22-53-44)30-13-8-7-9-14-30;/h7-23,25-29,55H,1-6H3;/q-1;. The third kappa shape index (κ3) is 6.42. The second kappa shape index (κ2) is 14.0. The predicted molar refractivity (Wildman–Crippen MR) is 239 cm³/mol. The first kappa shape index (κ1) is 37.9. The normalized spacial score (nSPS) is 12.2. The first-order valence-corrected chi connectivity index (χ1v) is 20.3. The van der Waals surface area contributed by atoms with Gasteiger partial charge in [0.05, 0.1) is 16.7 Å². The molecule has 0 saturated carbocycles. The summed E-state index contributed by atoms with van der Waals surface area (Å²) in [5.41, 5.74) is 10.5. The Kier molecular flexibility index (Phi) is 9.19. The number of phenols is 1. The Hall–Kier alpha value is -5.61. The van der Waals surface area contributed by atoms with E-state index in [9.17, 15) is 5.11 Å². The molecule has 0 aliphatic carbocycles. The van der Waals surface area contributed by atoms with Gasteiger partial charge in [-0.2, -0.15) is 0 Å². The predicted octanol–water partition coefficient (Wildman–Crippen LogP) is 14.7. The van der Waals surface area contributed by atoms with Gasteiger partial charge in [0.15, 0.2) is 0 Å². The number of phenolic OH excluding ortho intramolecular Hbond substituents is 1. The minimum absolute atomic E-state index is 0. The number of pyridine rings is 1. The van der Waals surface area contributed by atoms with Crippen molar-refractivity contribution in [1.29, 1.82) is 0 Å². The average molecular weight is 953 g/mol. The van der Waals surface area contributed by atoms with Crippen molar-refractivity contribution in [3.63, 3.8) is 0 Å². The molecule has 7 aromatic carbocycles. The van der Waals surface area contributed by atoms with Crippen molar-refractivity contribution in [2.75, 3.05) is 0 Å². The van der Waals surface area contributed by atoms with Crippen LogP contribution in [0.25, 0.3) is 97.8 Å². The molecular weight excluding hydrogens is 912 g/mol. The molecule has 0 unspecified atom stereocenters. The van der Waals surface area contributed by atoms with E-state index in [0.717, 1.165) is 87.2 Å². The van der Waals surface area contributed by atoms with Crippen LogP contribution < -0.4 is 0 Å². The first-order valence-electron chi connectivity index (χ1n) is 19.4. The number of aromatic nitrogens is 2. The van der Waals surface area contributed by atoms with E-state index in [4.69, 9.17) is 14.4 Å². The van der Waals surface area contributed by atoms with E-state index in [2.05, 4.69) is 163 Å². The number of thiazole rings is 1. The molecule has 0 spiro atoms. The van der Waals surface area contributed by atoms with Gasteiger partial charge < -0.3 is 9.52 Å². The van der Waals surface area contributed by atoms with Crippen LogP contribution in [0.5, 0.6) is 5.75 Å². The number of hydrogen-bond donors (Lipinski definition) is 1. The van der Waals surface area contributed by atoms with Crippen molar-refractivity contribution in [3.05, 3.63) is 151 Å². The van der Waals surface area contributed by atoms with Crippen LogP contribution in [0.4, 0.5) is 0 Å². The van der Waals surface area contributed by atoms with E-state index in [-0.39, 0.29) is 31.9 Å². The molecule has 10 rings (SSSR count). The summed E-state index contributed by atoms with van der Waals surface area (Å²) in [5.74, 6) is 0.292. The first-order chi connectivity index (χ1) is 27.4. The quantitative estimate of drug-likeness (QED) is 0.141. The fourth-order valence-corrected chi connectivity index (χ4v) is 9.11. The zero-order chi connectivity index (χ0) is 39.2. The summed E-state index contributed by atoms with van der Waals surface area (Å²) in [4.78, 5) is 10.3. The number of rotatable bonds is 4. The van der Waals surface area contributed by atoms with Gasteiger partial charge in [0.25, 0.3) is 0 Å². The van der Waals surface area contributed by atoms with Gasteiger partial charge in [-0.3, -0.25) is 4.98 Å². The van der Waals surface area contributed by atoms with E-state index in [1.807, 2.05) is 18.3 Å². The van der Waals surface area contributed by atoms with Crippen molar-refractivity contribution in [3.8, 4) is 49.8 Å². The van der Waals surface area contributed by atoms with Crippen molar-refractivity contribution < 1.29 is 30.6 Å². The van der Waals surface area contributed by atoms with Gasteiger partial charge in [-0.15, -0.1) is 29.0 Å². The molecular formula is C52H41N2O2PtS-.